The van der Waals surface area contributed by atoms with Crippen LogP contribution in [0.5, 0.6) is 0 Å². The normalized spacial score (nSPS) is 16.9. The van der Waals surface area contributed by atoms with Crippen molar-refractivity contribution in [1.82, 2.24) is 14.5 Å². The highest BCUT2D eigenvalue weighted by Gasteiger charge is 2.32. The lowest BCUT2D eigenvalue weighted by Crippen LogP contribution is -2.46. The van der Waals surface area contributed by atoms with E-state index < -0.39 is 15.9 Å². The molecule has 0 bridgehead atoms. The highest BCUT2D eigenvalue weighted by molar-refractivity contribution is 7.91. The highest BCUT2D eigenvalue weighted by Crippen LogP contribution is 2.25. The molecular formula is C23H24N4O4S. The Morgan fingerprint density at radius 1 is 1.00 bits per heavy atom. The van der Waals surface area contributed by atoms with E-state index in [2.05, 4.69) is 10.3 Å². The molecule has 4 rings (SSSR count). The Kier molecular flexibility index (Phi) is 6.20. The van der Waals surface area contributed by atoms with Gasteiger partial charge in [0.25, 0.3) is 0 Å². The van der Waals surface area contributed by atoms with E-state index in [4.69, 9.17) is 0 Å². The Morgan fingerprint density at radius 3 is 2.25 bits per heavy atom. The Bertz CT molecular complexity index is 1210. The van der Waals surface area contributed by atoms with Crippen molar-refractivity contribution in [3.8, 4) is 0 Å². The van der Waals surface area contributed by atoms with Gasteiger partial charge in [-0.15, -0.1) is 0 Å². The number of carbonyl (C=O) groups excluding carboxylic acids is 2. The molecule has 32 heavy (non-hydrogen) atoms. The van der Waals surface area contributed by atoms with E-state index in [1.807, 2.05) is 35.2 Å². The lowest BCUT2D eigenvalue weighted by atomic mass is 10.0. The maximum absolute atomic E-state index is 13.2. The van der Waals surface area contributed by atoms with Crippen molar-refractivity contribution in [3.63, 3.8) is 0 Å². The minimum absolute atomic E-state index is 0.0353. The molecule has 0 aliphatic carbocycles. The second kappa shape index (κ2) is 9.05. The summed E-state index contributed by atoms with van der Waals surface area (Å²) in [6.07, 6.45) is 3.27. The second-order valence-electron chi connectivity index (χ2n) is 7.76. The molecule has 1 aromatic heterocycles. The Hall–Kier alpha value is -3.30. The van der Waals surface area contributed by atoms with Crippen molar-refractivity contribution < 1.29 is 18.0 Å². The Balaban J connectivity index is 1.52. The summed E-state index contributed by atoms with van der Waals surface area (Å²) in [5.41, 5.74) is 1.82. The summed E-state index contributed by atoms with van der Waals surface area (Å²) >= 11 is 0. The van der Waals surface area contributed by atoms with Gasteiger partial charge in [0.05, 0.1) is 11.5 Å². The van der Waals surface area contributed by atoms with Gasteiger partial charge >= 0.3 is 0 Å². The van der Waals surface area contributed by atoms with Crippen LogP contribution in [0.3, 0.4) is 0 Å². The number of sulfone groups is 1. The van der Waals surface area contributed by atoms with E-state index in [1.165, 1.54) is 0 Å². The van der Waals surface area contributed by atoms with Gasteiger partial charge in [0.2, 0.25) is 11.7 Å². The van der Waals surface area contributed by atoms with Gasteiger partial charge in [-0.3, -0.25) is 14.5 Å². The SMILES string of the molecule is Cn1ccnc1C(=O)c1ccc(NC(=O)C(c2ccccc2)N2CCS(=O)(=O)CC2)cc1. The van der Waals surface area contributed by atoms with Crippen LogP contribution in [-0.2, 0) is 21.7 Å². The lowest BCUT2D eigenvalue weighted by molar-refractivity contribution is -0.121. The summed E-state index contributed by atoms with van der Waals surface area (Å²) in [7, 11) is -1.31. The standard InChI is InChI=1S/C23H24N4O4S/c1-26-12-11-24-22(26)21(28)18-7-9-19(10-8-18)25-23(29)20(17-5-3-2-4-6-17)27-13-15-32(30,31)16-14-27/h2-12,20H,13-16H2,1H3,(H,25,29). The number of ketones is 1. The molecule has 1 saturated heterocycles. The number of aryl methyl sites for hydroxylation is 1. The third-order valence-corrected chi connectivity index (χ3v) is 7.16. The van der Waals surface area contributed by atoms with Crippen molar-refractivity contribution in [1.29, 1.82) is 0 Å². The Morgan fingerprint density at radius 2 is 1.66 bits per heavy atom. The van der Waals surface area contributed by atoms with Crippen LogP contribution in [-0.4, -0.2) is 59.2 Å². The highest BCUT2D eigenvalue weighted by atomic mass is 32.2. The van der Waals surface area contributed by atoms with E-state index in [1.54, 1.807) is 48.3 Å². The summed E-state index contributed by atoms with van der Waals surface area (Å²) in [4.78, 5) is 31.8. The molecular weight excluding hydrogens is 428 g/mol. The van der Waals surface area contributed by atoms with E-state index in [-0.39, 0.29) is 23.2 Å². The van der Waals surface area contributed by atoms with Crippen LogP contribution < -0.4 is 5.32 Å². The first-order chi connectivity index (χ1) is 15.3. The molecule has 9 heteroatoms. The van der Waals surface area contributed by atoms with Crippen molar-refractivity contribution in [2.75, 3.05) is 29.9 Å². The summed E-state index contributed by atoms with van der Waals surface area (Å²) in [5, 5.41) is 2.91. The third-order valence-electron chi connectivity index (χ3n) is 5.55. The predicted molar refractivity (Wildman–Crippen MR) is 121 cm³/mol. The monoisotopic (exact) mass is 452 g/mol. The molecule has 166 valence electrons. The topological polar surface area (TPSA) is 101 Å². The molecule has 1 amide bonds. The molecule has 3 aromatic rings. The number of imidazole rings is 1. The van der Waals surface area contributed by atoms with Gasteiger partial charge < -0.3 is 9.88 Å². The number of amides is 1. The summed E-state index contributed by atoms with van der Waals surface area (Å²) in [5.74, 6) is -0.0435. The first-order valence-corrected chi connectivity index (χ1v) is 12.1. The molecule has 8 nitrogen and oxygen atoms in total. The number of carbonyl (C=O) groups is 2. The van der Waals surface area contributed by atoms with Crippen LogP contribution in [0.4, 0.5) is 5.69 Å². The van der Waals surface area contributed by atoms with Gasteiger partial charge in [-0.25, -0.2) is 13.4 Å². The molecule has 2 aromatic carbocycles. The summed E-state index contributed by atoms with van der Waals surface area (Å²) < 4.78 is 25.4. The Labute approximate surface area is 186 Å². The van der Waals surface area contributed by atoms with Crippen molar-refractivity contribution in [2.24, 2.45) is 7.05 Å². The van der Waals surface area contributed by atoms with Crippen LogP contribution in [0.1, 0.15) is 27.8 Å². The largest absolute Gasteiger partial charge is 0.331 e. The molecule has 1 aliphatic rings. The van der Waals surface area contributed by atoms with Gasteiger partial charge in [-0.05, 0) is 29.8 Å². The average molecular weight is 453 g/mol. The predicted octanol–water partition coefficient (Wildman–Crippen LogP) is 2.06. The number of hydrogen-bond acceptors (Lipinski definition) is 6. The molecule has 1 aliphatic heterocycles. The summed E-state index contributed by atoms with van der Waals surface area (Å²) in [6, 6.07) is 15.4. The average Bonchev–Trinajstić information content (AvgIpc) is 3.22. The number of nitrogens with one attached hydrogen (secondary N) is 1. The van der Waals surface area contributed by atoms with Gasteiger partial charge in [0.15, 0.2) is 15.7 Å². The van der Waals surface area contributed by atoms with Gasteiger partial charge in [0, 0.05) is 43.8 Å². The van der Waals surface area contributed by atoms with Crippen LogP contribution in [0.2, 0.25) is 0 Å². The first-order valence-electron chi connectivity index (χ1n) is 10.3. The van der Waals surface area contributed by atoms with Gasteiger partial charge in [0.1, 0.15) is 6.04 Å². The number of hydrogen-bond donors (Lipinski definition) is 1. The summed E-state index contributed by atoms with van der Waals surface area (Å²) in [6.45, 7) is 0.596. The van der Waals surface area contributed by atoms with E-state index in [0.29, 0.717) is 30.2 Å². The number of benzene rings is 2. The fraction of sp³-hybridized carbons (Fsp3) is 0.261. The molecule has 0 saturated carbocycles. The quantitative estimate of drug-likeness (QED) is 0.575. The van der Waals surface area contributed by atoms with Crippen LogP contribution in [0.15, 0.2) is 67.0 Å². The van der Waals surface area contributed by atoms with Crippen molar-refractivity contribution >= 4 is 27.2 Å². The molecule has 1 N–H and O–H groups in total. The molecule has 0 radical (unpaired) electrons. The van der Waals surface area contributed by atoms with Crippen LogP contribution in [0.25, 0.3) is 0 Å². The zero-order valence-electron chi connectivity index (χ0n) is 17.6. The maximum atomic E-state index is 13.2. The second-order valence-corrected chi connectivity index (χ2v) is 10.1. The number of anilines is 1. The molecule has 1 fully saturated rings. The molecule has 1 unspecified atom stereocenters. The van der Waals surface area contributed by atoms with Gasteiger partial charge in [-0.1, -0.05) is 30.3 Å². The zero-order valence-corrected chi connectivity index (χ0v) is 18.5. The minimum atomic E-state index is -3.06. The fourth-order valence-electron chi connectivity index (χ4n) is 3.78. The minimum Gasteiger partial charge on any atom is -0.331 e. The molecule has 1 atom stereocenters. The molecule has 2 heterocycles. The van der Waals surface area contributed by atoms with E-state index in [9.17, 15) is 18.0 Å². The first kappa shape index (κ1) is 21.9. The number of nitrogens with zero attached hydrogens (tertiary/aromatic N) is 3. The van der Waals surface area contributed by atoms with Crippen LogP contribution >= 0.6 is 0 Å². The van der Waals surface area contributed by atoms with E-state index in [0.717, 1.165) is 5.56 Å². The van der Waals surface area contributed by atoms with Gasteiger partial charge in [-0.2, -0.15) is 0 Å². The van der Waals surface area contributed by atoms with Crippen molar-refractivity contribution in [2.45, 2.75) is 6.04 Å². The number of rotatable bonds is 6. The number of aromatic nitrogens is 2. The maximum Gasteiger partial charge on any atom is 0.246 e. The smallest absolute Gasteiger partial charge is 0.246 e. The fourth-order valence-corrected chi connectivity index (χ4v) is 5.01. The van der Waals surface area contributed by atoms with Crippen LogP contribution in [0, 0.1) is 0 Å². The van der Waals surface area contributed by atoms with E-state index >= 15 is 0 Å². The van der Waals surface area contributed by atoms with Crippen molar-refractivity contribution in [3.05, 3.63) is 83.9 Å². The zero-order chi connectivity index (χ0) is 22.7. The third kappa shape index (κ3) is 4.79. The molecule has 0 spiro atoms. The lowest BCUT2D eigenvalue weighted by Gasteiger charge is -2.33.